The van der Waals surface area contributed by atoms with Crippen LogP contribution in [0.3, 0.4) is 0 Å². The number of furan rings is 1. The Hall–Kier alpha value is -4.33. The maximum absolute atomic E-state index is 12.2. The average molecular weight is 511 g/mol. The molecule has 0 spiro atoms. The molecule has 0 bridgehead atoms. The third-order valence-electron chi connectivity index (χ3n) is 6.73. The van der Waals surface area contributed by atoms with E-state index in [1.807, 2.05) is 66.8 Å². The fourth-order valence-corrected chi connectivity index (χ4v) is 4.88. The first-order valence-corrected chi connectivity index (χ1v) is 12.6. The van der Waals surface area contributed by atoms with E-state index in [1.165, 1.54) is 11.8 Å². The number of benzene rings is 3. The number of phenolic OH excluding ortho intramolecular Hbond substituents is 1. The topological polar surface area (TPSA) is 118 Å². The number of allylic oxidation sites excluding steroid dienone is 4. The number of hydrogen-bond acceptors (Lipinski definition) is 6. The first kappa shape index (κ1) is 25.3. The summed E-state index contributed by atoms with van der Waals surface area (Å²) in [6.07, 6.45) is 8.75. The van der Waals surface area contributed by atoms with Gasteiger partial charge in [-0.2, -0.15) is 0 Å². The van der Waals surface area contributed by atoms with Crippen LogP contribution in [-0.2, 0) is 0 Å². The van der Waals surface area contributed by atoms with Crippen molar-refractivity contribution in [3.8, 4) is 11.5 Å². The third kappa shape index (κ3) is 4.94. The predicted molar refractivity (Wildman–Crippen MR) is 148 cm³/mol. The molecule has 7 nitrogen and oxygen atoms in total. The minimum Gasteiger partial charge on any atom is -0.507 e. The van der Waals surface area contributed by atoms with Crippen molar-refractivity contribution < 1.29 is 24.2 Å². The van der Waals surface area contributed by atoms with Crippen molar-refractivity contribution in [3.63, 3.8) is 0 Å². The van der Waals surface area contributed by atoms with Gasteiger partial charge in [-0.15, -0.1) is 0 Å². The van der Waals surface area contributed by atoms with Crippen LogP contribution in [0.1, 0.15) is 41.7 Å². The molecular formula is C31H30N2O5. The second-order valence-corrected chi connectivity index (χ2v) is 9.35. The number of aromatic hydroxyl groups is 1. The summed E-state index contributed by atoms with van der Waals surface area (Å²) in [5.41, 5.74) is 8.67. The number of carboxylic acid groups (broad SMARTS) is 1. The van der Waals surface area contributed by atoms with Crippen molar-refractivity contribution in [3.05, 3.63) is 107 Å². The Morgan fingerprint density at radius 3 is 2.55 bits per heavy atom. The summed E-state index contributed by atoms with van der Waals surface area (Å²) < 4.78 is 12.1. The maximum Gasteiger partial charge on any atom is 0.339 e. The molecule has 1 atom stereocenters. The number of aromatic carboxylic acids is 1. The van der Waals surface area contributed by atoms with Crippen molar-refractivity contribution in [2.24, 2.45) is 5.73 Å². The number of phenols is 1. The molecule has 5 rings (SSSR count). The van der Waals surface area contributed by atoms with Gasteiger partial charge < -0.3 is 30.4 Å². The molecule has 3 aromatic carbocycles. The number of nitrogens with two attached hydrogens (primary N) is 1. The predicted octanol–water partition coefficient (Wildman–Crippen LogP) is 6.21. The van der Waals surface area contributed by atoms with Crippen molar-refractivity contribution in [2.45, 2.75) is 25.8 Å². The monoisotopic (exact) mass is 510 g/mol. The van der Waals surface area contributed by atoms with Crippen LogP contribution in [0.25, 0.3) is 21.7 Å². The molecule has 0 fully saturated rings. The van der Waals surface area contributed by atoms with Crippen molar-refractivity contribution >= 4 is 27.7 Å². The standard InChI is InChI=1S/C31H30N2O5/c1-19-11-13-20(17-22(14-12-19)38-21-7-3-2-4-8-21)28(33-16-15-32)27-26-25(31(35)36)18-37-30(26)24-10-6-5-9-23(24)29(27)34/h2-11,13,17-18,28,33-34H,12,14-16,32H2,1H3,(H,35,36). The van der Waals surface area contributed by atoms with E-state index in [0.717, 1.165) is 23.5 Å². The van der Waals surface area contributed by atoms with Crippen LogP contribution >= 0.6 is 0 Å². The number of carbonyl (C=O) groups is 1. The summed E-state index contributed by atoms with van der Waals surface area (Å²) in [4.78, 5) is 12.2. The zero-order chi connectivity index (χ0) is 26.6. The van der Waals surface area contributed by atoms with Gasteiger partial charge >= 0.3 is 5.97 Å². The second kappa shape index (κ2) is 11.0. The van der Waals surface area contributed by atoms with Gasteiger partial charge in [0.15, 0.2) is 0 Å². The lowest BCUT2D eigenvalue weighted by molar-refractivity contribution is 0.0698. The van der Waals surface area contributed by atoms with Gasteiger partial charge in [0.05, 0.1) is 6.04 Å². The highest BCUT2D eigenvalue weighted by atomic mass is 16.5. The first-order valence-electron chi connectivity index (χ1n) is 12.6. The van der Waals surface area contributed by atoms with Crippen LogP contribution in [0.4, 0.5) is 0 Å². The Labute approximate surface area is 220 Å². The molecule has 194 valence electrons. The van der Waals surface area contributed by atoms with Gasteiger partial charge in [0.1, 0.15) is 34.7 Å². The minimum absolute atomic E-state index is 0.00545. The molecule has 7 heteroatoms. The van der Waals surface area contributed by atoms with Gasteiger partial charge in [0.2, 0.25) is 0 Å². The van der Waals surface area contributed by atoms with Gasteiger partial charge in [-0.1, -0.05) is 60.2 Å². The number of carboxylic acids is 1. The molecule has 1 aromatic heterocycles. The van der Waals surface area contributed by atoms with E-state index in [1.54, 1.807) is 6.07 Å². The van der Waals surface area contributed by atoms with Gasteiger partial charge in [-0.25, -0.2) is 4.79 Å². The zero-order valence-electron chi connectivity index (χ0n) is 21.1. The van der Waals surface area contributed by atoms with Crippen molar-refractivity contribution in [1.29, 1.82) is 0 Å². The van der Waals surface area contributed by atoms with Crippen LogP contribution in [0.2, 0.25) is 0 Å². The lowest BCUT2D eigenvalue weighted by Gasteiger charge is -2.25. The molecule has 1 unspecified atom stereocenters. The van der Waals surface area contributed by atoms with Crippen LogP contribution in [0, 0.1) is 0 Å². The quantitative estimate of drug-likeness (QED) is 0.223. The summed E-state index contributed by atoms with van der Waals surface area (Å²) in [6.45, 7) is 2.85. The molecule has 0 saturated carbocycles. The van der Waals surface area contributed by atoms with E-state index in [4.69, 9.17) is 14.9 Å². The van der Waals surface area contributed by atoms with Gasteiger partial charge in [0, 0.05) is 41.2 Å². The highest BCUT2D eigenvalue weighted by molar-refractivity contribution is 6.15. The number of fused-ring (bicyclic) bond motifs is 3. The number of para-hydroxylation sites is 1. The second-order valence-electron chi connectivity index (χ2n) is 9.35. The molecule has 0 amide bonds. The molecule has 1 heterocycles. The lowest BCUT2D eigenvalue weighted by Crippen LogP contribution is -2.29. The van der Waals surface area contributed by atoms with Crippen molar-refractivity contribution in [1.82, 2.24) is 5.32 Å². The average Bonchev–Trinajstić information content (AvgIpc) is 3.36. The molecule has 5 N–H and O–H groups in total. The maximum atomic E-state index is 12.2. The normalized spacial score (nSPS) is 14.8. The largest absolute Gasteiger partial charge is 0.507 e. The minimum atomic E-state index is -1.14. The lowest BCUT2D eigenvalue weighted by atomic mass is 9.88. The fourth-order valence-electron chi connectivity index (χ4n) is 4.88. The smallest absolute Gasteiger partial charge is 0.339 e. The third-order valence-corrected chi connectivity index (χ3v) is 6.73. The number of ether oxygens (including phenoxy) is 1. The summed E-state index contributed by atoms with van der Waals surface area (Å²) in [5.74, 6) is 0.347. The summed E-state index contributed by atoms with van der Waals surface area (Å²) in [7, 11) is 0. The van der Waals surface area contributed by atoms with Gasteiger partial charge in [0.25, 0.3) is 0 Å². The Morgan fingerprint density at radius 1 is 1.08 bits per heavy atom. The SMILES string of the molecule is CC1=CC=C(C(NCCN)c2c(O)c3ccccc3c3occ(C(=O)O)c23)C=C(Oc2ccccc2)CC1. The van der Waals surface area contributed by atoms with Gasteiger partial charge in [-0.05, 0) is 37.1 Å². The Balaban J connectivity index is 1.75. The zero-order valence-corrected chi connectivity index (χ0v) is 21.1. The Morgan fingerprint density at radius 2 is 1.82 bits per heavy atom. The first-order chi connectivity index (χ1) is 18.5. The van der Waals surface area contributed by atoms with E-state index < -0.39 is 12.0 Å². The molecular weight excluding hydrogens is 480 g/mol. The van der Waals surface area contributed by atoms with Crippen LogP contribution < -0.4 is 15.8 Å². The van der Waals surface area contributed by atoms with E-state index in [0.29, 0.717) is 46.8 Å². The van der Waals surface area contributed by atoms with E-state index >= 15 is 0 Å². The number of nitrogens with one attached hydrogen (secondary N) is 1. The fraction of sp³-hybridized carbons (Fsp3) is 0.194. The number of hydrogen-bond donors (Lipinski definition) is 4. The Kier molecular flexibility index (Phi) is 7.31. The van der Waals surface area contributed by atoms with Gasteiger partial charge in [-0.3, -0.25) is 0 Å². The van der Waals surface area contributed by atoms with E-state index in [2.05, 4.69) is 12.2 Å². The molecule has 38 heavy (non-hydrogen) atoms. The molecule has 4 aromatic rings. The van der Waals surface area contributed by atoms with E-state index in [9.17, 15) is 15.0 Å². The highest BCUT2D eigenvalue weighted by Crippen LogP contribution is 2.45. The Bertz CT molecular complexity index is 1580. The van der Waals surface area contributed by atoms with Crippen LogP contribution in [0.15, 0.2) is 100 Å². The van der Waals surface area contributed by atoms with Crippen LogP contribution in [-0.4, -0.2) is 29.3 Å². The summed E-state index contributed by atoms with van der Waals surface area (Å²) >= 11 is 0. The van der Waals surface area contributed by atoms with Crippen molar-refractivity contribution in [2.75, 3.05) is 13.1 Å². The molecule has 0 saturated heterocycles. The molecule has 1 aliphatic carbocycles. The summed E-state index contributed by atoms with van der Waals surface area (Å²) in [5, 5.41) is 26.7. The van der Waals surface area contributed by atoms with Crippen LogP contribution in [0.5, 0.6) is 11.5 Å². The molecule has 0 radical (unpaired) electrons. The molecule has 0 aliphatic heterocycles. The highest BCUT2D eigenvalue weighted by Gasteiger charge is 2.29. The molecule has 1 aliphatic rings. The summed E-state index contributed by atoms with van der Waals surface area (Å²) in [6, 6.07) is 16.2. The van der Waals surface area contributed by atoms with E-state index in [-0.39, 0.29) is 11.3 Å². The number of rotatable bonds is 8.